The third-order valence-electron chi connectivity index (χ3n) is 4.64. The normalized spacial score (nSPS) is 22.8. The van der Waals surface area contributed by atoms with E-state index in [0.29, 0.717) is 25.2 Å². The van der Waals surface area contributed by atoms with E-state index in [4.69, 9.17) is 10.5 Å². The van der Waals surface area contributed by atoms with Crippen LogP contribution in [0.15, 0.2) is 23.1 Å². The molecule has 1 saturated heterocycles. The quantitative estimate of drug-likeness (QED) is 0.820. The van der Waals surface area contributed by atoms with Crippen LogP contribution in [0.2, 0.25) is 0 Å². The number of nitrogens with zero attached hydrogens (tertiary/aromatic N) is 2. The maximum Gasteiger partial charge on any atom is 0.256 e. The van der Waals surface area contributed by atoms with E-state index in [1.54, 1.807) is 23.1 Å². The van der Waals surface area contributed by atoms with Crippen LogP contribution in [0.3, 0.4) is 0 Å². The molecule has 2 aliphatic rings. The number of ether oxygens (including phenoxy) is 1. The van der Waals surface area contributed by atoms with Gasteiger partial charge in [0.2, 0.25) is 10.0 Å². The number of nitrogens with two attached hydrogens (primary N) is 1. The zero-order valence-corrected chi connectivity index (χ0v) is 16.0. The van der Waals surface area contributed by atoms with Crippen LogP contribution in [0.25, 0.3) is 0 Å². The summed E-state index contributed by atoms with van der Waals surface area (Å²) >= 11 is 0. The van der Waals surface area contributed by atoms with E-state index in [9.17, 15) is 13.2 Å². The molecule has 140 valence electrons. The van der Waals surface area contributed by atoms with Crippen LogP contribution in [0, 0.1) is 0 Å². The van der Waals surface area contributed by atoms with Gasteiger partial charge in [-0.2, -0.15) is 0 Å². The average Bonchev–Trinajstić information content (AvgIpc) is 3.20. The summed E-state index contributed by atoms with van der Waals surface area (Å²) in [4.78, 5) is 14.6. The third-order valence-corrected chi connectivity index (χ3v) is 6.45. The van der Waals surface area contributed by atoms with Crippen LogP contribution >= 0.6 is 12.4 Å². The Morgan fingerprint density at radius 2 is 2.08 bits per heavy atom. The lowest BCUT2D eigenvalue weighted by atomic mass is 10.1. The molecule has 2 atom stereocenters. The lowest BCUT2D eigenvalue weighted by Crippen LogP contribution is -2.38. The second-order valence-corrected chi connectivity index (χ2v) is 8.53. The molecule has 1 aromatic rings. The smallest absolute Gasteiger partial charge is 0.256 e. The summed E-state index contributed by atoms with van der Waals surface area (Å²) in [5.74, 6) is -0.107. The van der Waals surface area contributed by atoms with Crippen molar-refractivity contribution < 1.29 is 17.9 Å². The fraction of sp³-hybridized carbons (Fsp3) is 0.562. The Morgan fingerprint density at radius 1 is 1.36 bits per heavy atom. The molecular formula is C16H24ClN3O4S. The SMILES string of the molecule is CN(C)S(=O)(=O)c1ccc2c(c1)N(C(=O)[C@@H]1CC[C@H](CN)O1)CC2.Cl. The molecule has 1 fully saturated rings. The monoisotopic (exact) mass is 389 g/mol. The summed E-state index contributed by atoms with van der Waals surface area (Å²) in [5, 5.41) is 0. The highest BCUT2D eigenvalue weighted by Crippen LogP contribution is 2.33. The van der Waals surface area contributed by atoms with Crippen LogP contribution in [0.5, 0.6) is 0 Å². The standard InChI is InChI=1S/C16H23N3O4S.ClH/c1-18(2)24(21,22)13-5-3-11-7-8-19(14(11)9-13)16(20)15-6-4-12(10-17)23-15;/h3,5,9,12,15H,4,6-8,10,17H2,1-2H3;1H/t12-,15+;/m1./s1. The lowest BCUT2D eigenvalue weighted by Gasteiger charge is -2.22. The molecule has 9 heteroatoms. The summed E-state index contributed by atoms with van der Waals surface area (Å²) in [5.41, 5.74) is 7.25. The molecule has 0 spiro atoms. The Labute approximate surface area is 154 Å². The lowest BCUT2D eigenvalue weighted by molar-refractivity contribution is -0.129. The van der Waals surface area contributed by atoms with Gasteiger partial charge in [-0.05, 0) is 37.0 Å². The second-order valence-electron chi connectivity index (χ2n) is 6.38. The van der Waals surface area contributed by atoms with Gasteiger partial charge in [-0.3, -0.25) is 4.79 Å². The molecule has 0 aromatic heterocycles. The van der Waals surface area contributed by atoms with Crippen molar-refractivity contribution in [2.24, 2.45) is 5.73 Å². The van der Waals surface area contributed by atoms with Crippen molar-refractivity contribution in [3.05, 3.63) is 23.8 Å². The predicted octanol–water partition coefficient (Wildman–Crippen LogP) is 0.754. The molecule has 2 N–H and O–H groups in total. The number of benzene rings is 1. The number of halogens is 1. The first kappa shape index (κ1) is 20.1. The molecule has 7 nitrogen and oxygen atoms in total. The highest BCUT2D eigenvalue weighted by molar-refractivity contribution is 7.89. The Balaban J connectivity index is 0.00000225. The number of sulfonamides is 1. The Hall–Kier alpha value is -1.19. The van der Waals surface area contributed by atoms with E-state index in [1.807, 2.05) is 0 Å². The zero-order chi connectivity index (χ0) is 17.5. The van der Waals surface area contributed by atoms with Crippen LogP contribution in [-0.2, 0) is 26.0 Å². The van der Waals surface area contributed by atoms with Crippen LogP contribution < -0.4 is 10.6 Å². The largest absolute Gasteiger partial charge is 0.364 e. The molecule has 0 aliphatic carbocycles. The Bertz CT molecular complexity index is 754. The minimum Gasteiger partial charge on any atom is -0.364 e. The van der Waals surface area contributed by atoms with E-state index in [2.05, 4.69) is 0 Å². The van der Waals surface area contributed by atoms with Crippen LogP contribution in [-0.4, -0.2) is 58.0 Å². The second kappa shape index (κ2) is 7.59. The van der Waals surface area contributed by atoms with E-state index in [-0.39, 0.29) is 29.3 Å². The Morgan fingerprint density at radius 3 is 2.68 bits per heavy atom. The van der Waals surface area contributed by atoms with Gasteiger partial charge in [0.1, 0.15) is 6.10 Å². The maximum atomic E-state index is 12.8. The summed E-state index contributed by atoms with van der Waals surface area (Å²) in [6, 6.07) is 4.97. The van der Waals surface area contributed by atoms with Gasteiger partial charge in [-0.25, -0.2) is 12.7 Å². The number of hydrogen-bond donors (Lipinski definition) is 1. The van der Waals surface area contributed by atoms with Crippen molar-refractivity contribution in [2.75, 3.05) is 32.1 Å². The predicted molar refractivity (Wildman–Crippen MR) is 97.6 cm³/mol. The number of carbonyl (C=O) groups is 1. The first-order valence-corrected chi connectivity index (χ1v) is 9.51. The molecule has 25 heavy (non-hydrogen) atoms. The minimum atomic E-state index is -3.53. The molecule has 0 bridgehead atoms. The van der Waals surface area contributed by atoms with E-state index in [1.165, 1.54) is 18.4 Å². The van der Waals surface area contributed by atoms with Crippen molar-refractivity contribution in [1.29, 1.82) is 0 Å². The van der Waals surface area contributed by atoms with E-state index >= 15 is 0 Å². The van der Waals surface area contributed by atoms with Gasteiger partial charge in [-0.15, -0.1) is 12.4 Å². The van der Waals surface area contributed by atoms with Gasteiger partial charge in [0.05, 0.1) is 11.0 Å². The molecule has 0 unspecified atom stereocenters. The number of fused-ring (bicyclic) bond motifs is 1. The average molecular weight is 390 g/mol. The fourth-order valence-electron chi connectivity index (χ4n) is 3.19. The van der Waals surface area contributed by atoms with Gasteiger partial charge < -0.3 is 15.4 Å². The van der Waals surface area contributed by atoms with Crippen molar-refractivity contribution >= 4 is 34.0 Å². The van der Waals surface area contributed by atoms with Crippen molar-refractivity contribution in [2.45, 2.75) is 36.4 Å². The van der Waals surface area contributed by atoms with Crippen LogP contribution in [0.1, 0.15) is 18.4 Å². The highest BCUT2D eigenvalue weighted by atomic mass is 35.5. The molecule has 2 aliphatic heterocycles. The summed E-state index contributed by atoms with van der Waals surface area (Å²) < 4.78 is 31.5. The third kappa shape index (κ3) is 3.68. The first-order chi connectivity index (χ1) is 11.3. The molecule has 1 aromatic carbocycles. The first-order valence-electron chi connectivity index (χ1n) is 8.07. The topological polar surface area (TPSA) is 92.9 Å². The minimum absolute atomic E-state index is 0. The number of amides is 1. The summed E-state index contributed by atoms with van der Waals surface area (Å²) in [6.07, 6.45) is 1.60. The molecule has 0 saturated carbocycles. The number of carbonyl (C=O) groups excluding carboxylic acids is 1. The number of anilines is 1. The number of rotatable bonds is 4. The molecular weight excluding hydrogens is 366 g/mol. The van der Waals surface area contributed by atoms with Crippen molar-refractivity contribution in [3.63, 3.8) is 0 Å². The van der Waals surface area contributed by atoms with Crippen molar-refractivity contribution in [1.82, 2.24) is 4.31 Å². The number of hydrogen-bond acceptors (Lipinski definition) is 5. The Kier molecular flexibility index (Phi) is 6.11. The molecule has 1 amide bonds. The van der Waals surface area contributed by atoms with E-state index < -0.39 is 16.1 Å². The van der Waals surface area contributed by atoms with Gasteiger partial charge in [0.25, 0.3) is 5.91 Å². The van der Waals surface area contributed by atoms with Gasteiger partial charge in [0.15, 0.2) is 0 Å². The molecule has 2 heterocycles. The molecule has 0 radical (unpaired) electrons. The van der Waals surface area contributed by atoms with E-state index in [0.717, 1.165) is 18.4 Å². The van der Waals surface area contributed by atoms with Gasteiger partial charge in [-0.1, -0.05) is 6.07 Å². The van der Waals surface area contributed by atoms with Crippen molar-refractivity contribution in [3.8, 4) is 0 Å². The highest BCUT2D eigenvalue weighted by Gasteiger charge is 2.36. The fourth-order valence-corrected chi connectivity index (χ4v) is 4.12. The zero-order valence-electron chi connectivity index (χ0n) is 14.3. The van der Waals surface area contributed by atoms with Crippen LogP contribution in [0.4, 0.5) is 5.69 Å². The molecule has 3 rings (SSSR count). The van der Waals surface area contributed by atoms with Gasteiger partial charge >= 0.3 is 0 Å². The summed E-state index contributed by atoms with van der Waals surface area (Å²) in [6.45, 7) is 0.957. The summed E-state index contributed by atoms with van der Waals surface area (Å²) in [7, 11) is -0.550. The maximum absolute atomic E-state index is 12.8. The van der Waals surface area contributed by atoms with Gasteiger partial charge in [0, 0.05) is 32.9 Å².